The van der Waals surface area contributed by atoms with Crippen LogP contribution in [0.2, 0.25) is 10.0 Å². The van der Waals surface area contributed by atoms with Crippen molar-refractivity contribution in [3.63, 3.8) is 0 Å². The summed E-state index contributed by atoms with van der Waals surface area (Å²) in [6, 6.07) is 11.1. The summed E-state index contributed by atoms with van der Waals surface area (Å²) in [6.07, 6.45) is 1.88. The van der Waals surface area contributed by atoms with Crippen LogP contribution in [0.4, 0.5) is 0 Å². The Hall–Kier alpha value is -1.20. The van der Waals surface area contributed by atoms with Crippen LogP contribution in [0.3, 0.4) is 0 Å². The molecule has 0 saturated heterocycles. The van der Waals surface area contributed by atoms with E-state index in [1.165, 1.54) is 11.8 Å². The summed E-state index contributed by atoms with van der Waals surface area (Å²) in [5.74, 6) is 0. The van der Waals surface area contributed by atoms with E-state index < -0.39 is 0 Å². The average Bonchev–Trinajstić information content (AvgIpc) is 2.80. The highest BCUT2D eigenvalue weighted by Crippen LogP contribution is 2.34. The highest BCUT2D eigenvalue weighted by Gasteiger charge is 2.12. The second kappa shape index (κ2) is 5.66. The van der Waals surface area contributed by atoms with Crippen molar-refractivity contribution in [3.8, 4) is 0 Å². The maximum Gasteiger partial charge on any atom is 0.138 e. The van der Waals surface area contributed by atoms with E-state index in [0.29, 0.717) is 10.0 Å². The van der Waals surface area contributed by atoms with Gasteiger partial charge in [-0.25, -0.2) is 4.98 Å². The number of halogens is 2. The van der Waals surface area contributed by atoms with Crippen molar-refractivity contribution in [1.82, 2.24) is 9.38 Å². The number of aliphatic hydroxyl groups excluding tert-OH is 1. The molecule has 0 aliphatic rings. The Kier molecular flexibility index (Phi) is 3.89. The topological polar surface area (TPSA) is 37.5 Å². The second-order valence-corrected chi connectivity index (χ2v) is 6.01. The molecule has 1 N–H and O–H groups in total. The van der Waals surface area contributed by atoms with E-state index in [1.807, 2.05) is 34.9 Å². The molecule has 2 heterocycles. The van der Waals surface area contributed by atoms with Gasteiger partial charge in [0.2, 0.25) is 0 Å². The average molecular weight is 325 g/mol. The summed E-state index contributed by atoms with van der Waals surface area (Å²) in [5.41, 5.74) is 1.57. The third-order valence-electron chi connectivity index (χ3n) is 2.85. The Labute approximate surface area is 130 Å². The second-order valence-electron chi connectivity index (χ2n) is 4.13. The number of nitrogens with zero attached hydrogens (tertiary/aromatic N) is 2. The van der Waals surface area contributed by atoms with Crippen LogP contribution in [-0.2, 0) is 6.61 Å². The number of fused-ring (bicyclic) bond motifs is 1. The minimum Gasteiger partial charge on any atom is -0.390 e. The molecular weight excluding hydrogens is 315 g/mol. The molecule has 0 unspecified atom stereocenters. The Balaban J connectivity index is 2.03. The SMILES string of the molecule is OCc1c(Sc2ccc(Cl)c(Cl)c2)nc2ccccn12. The molecule has 0 amide bonds. The number of benzene rings is 1. The third-order valence-corrected chi connectivity index (χ3v) is 4.60. The molecular formula is C14H10Cl2N2OS. The molecule has 6 heteroatoms. The molecule has 0 saturated carbocycles. The molecule has 0 fully saturated rings. The highest BCUT2D eigenvalue weighted by atomic mass is 35.5. The van der Waals surface area contributed by atoms with Crippen molar-refractivity contribution in [3.05, 3.63) is 58.3 Å². The fourth-order valence-corrected chi connectivity index (χ4v) is 3.22. The van der Waals surface area contributed by atoms with Crippen LogP contribution in [0.25, 0.3) is 5.65 Å². The normalized spacial score (nSPS) is 11.2. The van der Waals surface area contributed by atoms with Crippen molar-refractivity contribution < 1.29 is 5.11 Å². The predicted molar refractivity (Wildman–Crippen MR) is 81.7 cm³/mol. The molecule has 3 nitrogen and oxygen atoms in total. The zero-order valence-corrected chi connectivity index (χ0v) is 12.6. The lowest BCUT2D eigenvalue weighted by atomic mass is 10.4. The van der Waals surface area contributed by atoms with Gasteiger partial charge in [0, 0.05) is 11.1 Å². The van der Waals surface area contributed by atoms with Gasteiger partial charge in [-0.05, 0) is 30.3 Å². The number of hydrogen-bond acceptors (Lipinski definition) is 3. The fourth-order valence-electron chi connectivity index (χ4n) is 1.90. The van der Waals surface area contributed by atoms with Gasteiger partial charge in [0.05, 0.1) is 22.3 Å². The van der Waals surface area contributed by atoms with Crippen molar-refractivity contribution >= 4 is 40.6 Å². The quantitative estimate of drug-likeness (QED) is 0.781. The summed E-state index contributed by atoms with van der Waals surface area (Å²) in [4.78, 5) is 5.45. The third kappa shape index (κ3) is 2.52. The van der Waals surface area contributed by atoms with Crippen molar-refractivity contribution in [2.45, 2.75) is 16.5 Å². The van der Waals surface area contributed by atoms with E-state index in [2.05, 4.69) is 4.98 Å². The van der Waals surface area contributed by atoms with Gasteiger partial charge in [-0.1, -0.05) is 41.0 Å². The number of aromatic nitrogens is 2. The molecule has 0 radical (unpaired) electrons. The van der Waals surface area contributed by atoms with E-state index in [9.17, 15) is 5.11 Å². The molecule has 102 valence electrons. The summed E-state index contributed by atoms with van der Waals surface area (Å²) in [7, 11) is 0. The number of pyridine rings is 1. The van der Waals surface area contributed by atoms with Crippen LogP contribution < -0.4 is 0 Å². The Morgan fingerprint density at radius 3 is 2.75 bits per heavy atom. The molecule has 2 aromatic heterocycles. The van der Waals surface area contributed by atoms with Crippen LogP contribution >= 0.6 is 35.0 Å². The van der Waals surface area contributed by atoms with Crippen molar-refractivity contribution in [2.24, 2.45) is 0 Å². The van der Waals surface area contributed by atoms with E-state index in [4.69, 9.17) is 23.2 Å². The zero-order chi connectivity index (χ0) is 14.1. The first-order valence-corrected chi connectivity index (χ1v) is 7.46. The van der Waals surface area contributed by atoms with Crippen molar-refractivity contribution in [2.75, 3.05) is 0 Å². The van der Waals surface area contributed by atoms with Gasteiger partial charge in [0.15, 0.2) is 0 Å². The van der Waals surface area contributed by atoms with Gasteiger partial charge in [0.25, 0.3) is 0 Å². The smallest absolute Gasteiger partial charge is 0.138 e. The first kappa shape index (κ1) is 13.8. The Bertz CT molecular complexity index is 773. The summed E-state index contributed by atoms with van der Waals surface area (Å²) in [6.45, 7) is -0.0746. The lowest BCUT2D eigenvalue weighted by molar-refractivity contribution is 0.272. The molecule has 0 atom stereocenters. The molecule has 0 aliphatic heterocycles. The number of imidazole rings is 1. The van der Waals surface area contributed by atoms with Crippen LogP contribution in [-0.4, -0.2) is 14.5 Å². The minimum absolute atomic E-state index is 0.0746. The predicted octanol–water partition coefficient (Wildman–Crippen LogP) is 4.28. The zero-order valence-electron chi connectivity index (χ0n) is 10.3. The monoisotopic (exact) mass is 324 g/mol. The summed E-state index contributed by atoms with van der Waals surface area (Å²) in [5, 5.41) is 11.3. The van der Waals surface area contributed by atoms with Gasteiger partial charge in [0.1, 0.15) is 10.7 Å². The highest BCUT2D eigenvalue weighted by molar-refractivity contribution is 7.99. The molecule has 0 spiro atoms. The fraction of sp³-hybridized carbons (Fsp3) is 0.0714. The van der Waals surface area contributed by atoms with Gasteiger partial charge in [-0.15, -0.1) is 0 Å². The van der Waals surface area contributed by atoms with Gasteiger partial charge >= 0.3 is 0 Å². The van der Waals surface area contributed by atoms with Crippen molar-refractivity contribution in [1.29, 1.82) is 0 Å². The minimum atomic E-state index is -0.0746. The number of rotatable bonds is 3. The first-order valence-electron chi connectivity index (χ1n) is 5.89. The molecule has 0 aliphatic carbocycles. The lowest BCUT2D eigenvalue weighted by Gasteiger charge is -2.03. The van der Waals surface area contributed by atoms with Crippen LogP contribution in [0.5, 0.6) is 0 Å². The molecule has 20 heavy (non-hydrogen) atoms. The van der Waals surface area contributed by atoms with Crippen LogP contribution in [0.1, 0.15) is 5.69 Å². The van der Waals surface area contributed by atoms with E-state index in [0.717, 1.165) is 21.3 Å². The Morgan fingerprint density at radius 1 is 1.15 bits per heavy atom. The molecule has 3 rings (SSSR count). The molecule has 0 bridgehead atoms. The largest absolute Gasteiger partial charge is 0.390 e. The van der Waals surface area contributed by atoms with Gasteiger partial charge in [-0.2, -0.15) is 0 Å². The van der Waals surface area contributed by atoms with Crippen LogP contribution in [0, 0.1) is 0 Å². The van der Waals surface area contributed by atoms with Gasteiger partial charge in [-0.3, -0.25) is 0 Å². The standard InChI is InChI=1S/C14H10Cl2N2OS/c15-10-5-4-9(7-11(10)16)20-14-12(8-19)18-6-2-1-3-13(18)17-14/h1-7,19H,8H2. The van der Waals surface area contributed by atoms with Gasteiger partial charge < -0.3 is 9.51 Å². The lowest BCUT2D eigenvalue weighted by Crippen LogP contribution is -1.92. The van der Waals surface area contributed by atoms with E-state index in [-0.39, 0.29) is 6.61 Å². The Morgan fingerprint density at radius 2 is 2.00 bits per heavy atom. The summed E-state index contributed by atoms with van der Waals surface area (Å²) < 4.78 is 1.87. The van der Waals surface area contributed by atoms with Crippen LogP contribution in [0.15, 0.2) is 52.5 Å². The maximum atomic E-state index is 9.56. The van der Waals surface area contributed by atoms with E-state index >= 15 is 0 Å². The maximum absolute atomic E-state index is 9.56. The number of aliphatic hydroxyl groups is 1. The molecule has 1 aromatic carbocycles. The summed E-state index contributed by atoms with van der Waals surface area (Å²) >= 11 is 13.4. The first-order chi connectivity index (χ1) is 9.69. The van der Waals surface area contributed by atoms with E-state index in [1.54, 1.807) is 12.1 Å². The molecule has 3 aromatic rings. The number of hydrogen-bond donors (Lipinski definition) is 1.